The number of hydrazone groups is 1. The van der Waals surface area contributed by atoms with E-state index in [1.807, 2.05) is 41.2 Å². The molecule has 0 radical (unpaired) electrons. The molecule has 0 amide bonds. The van der Waals surface area contributed by atoms with Crippen molar-refractivity contribution in [3.05, 3.63) is 84.6 Å². The molecule has 0 saturated heterocycles. The average molecular weight is 376 g/mol. The zero-order chi connectivity index (χ0) is 19.1. The number of hydrogen-bond donors (Lipinski definition) is 2. The fourth-order valence-corrected chi connectivity index (χ4v) is 2.63. The quantitative estimate of drug-likeness (QED) is 0.298. The van der Waals surface area contributed by atoms with Crippen molar-refractivity contribution in [3.8, 4) is 16.9 Å². The monoisotopic (exact) mass is 375 g/mol. The maximum Gasteiger partial charge on any atom is 0.187 e. The van der Waals surface area contributed by atoms with Gasteiger partial charge in [-0.2, -0.15) is 10.2 Å². The largest absolute Gasteiger partial charge is 0.358 e. The molecule has 3 aromatic rings. The molecule has 0 aliphatic rings. The SMILES string of the molecule is C=CCNC(=S)N/N=C\c1cn(-c2ccccc2)nc1-c1ccc(C)cc1. The van der Waals surface area contributed by atoms with Gasteiger partial charge in [0.05, 0.1) is 11.9 Å². The van der Waals surface area contributed by atoms with E-state index in [1.54, 1.807) is 12.3 Å². The molecule has 136 valence electrons. The molecule has 0 unspecified atom stereocenters. The molecule has 0 aliphatic heterocycles. The van der Waals surface area contributed by atoms with Gasteiger partial charge in [0.2, 0.25) is 0 Å². The van der Waals surface area contributed by atoms with Gasteiger partial charge in [-0.25, -0.2) is 4.68 Å². The molecule has 0 bridgehead atoms. The van der Waals surface area contributed by atoms with Gasteiger partial charge in [-0.3, -0.25) is 5.43 Å². The molecule has 0 aliphatic carbocycles. The van der Waals surface area contributed by atoms with Crippen LogP contribution >= 0.6 is 12.2 Å². The lowest BCUT2D eigenvalue weighted by Crippen LogP contribution is -2.31. The second kappa shape index (κ2) is 8.91. The molecule has 0 spiro atoms. The van der Waals surface area contributed by atoms with Crippen molar-refractivity contribution >= 4 is 23.5 Å². The van der Waals surface area contributed by atoms with Crippen LogP contribution in [0.4, 0.5) is 0 Å². The zero-order valence-electron chi connectivity index (χ0n) is 15.1. The molecule has 0 fully saturated rings. The van der Waals surface area contributed by atoms with Crippen molar-refractivity contribution in [2.75, 3.05) is 6.54 Å². The van der Waals surface area contributed by atoms with Crippen LogP contribution in [0, 0.1) is 6.92 Å². The Labute approximate surface area is 164 Å². The van der Waals surface area contributed by atoms with Crippen LogP contribution in [0.2, 0.25) is 0 Å². The van der Waals surface area contributed by atoms with E-state index >= 15 is 0 Å². The number of aromatic nitrogens is 2. The van der Waals surface area contributed by atoms with Gasteiger partial charge in [-0.15, -0.1) is 6.58 Å². The minimum atomic E-state index is 0.443. The normalized spacial score (nSPS) is 10.7. The Bertz CT molecular complexity index is 942. The predicted molar refractivity (Wildman–Crippen MR) is 115 cm³/mol. The van der Waals surface area contributed by atoms with E-state index in [9.17, 15) is 0 Å². The van der Waals surface area contributed by atoms with E-state index in [4.69, 9.17) is 17.3 Å². The third-order valence-corrected chi connectivity index (χ3v) is 4.10. The van der Waals surface area contributed by atoms with Crippen molar-refractivity contribution in [2.45, 2.75) is 6.92 Å². The van der Waals surface area contributed by atoms with E-state index in [0.717, 1.165) is 22.5 Å². The Morgan fingerprint density at radius 3 is 2.63 bits per heavy atom. The highest BCUT2D eigenvalue weighted by Crippen LogP contribution is 2.23. The predicted octanol–water partition coefficient (Wildman–Crippen LogP) is 3.83. The Morgan fingerprint density at radius 1 is 1.19 bits per heavy atom. The number of thiocarbonyl (C=S) groups is 1. The standard InChI is InChI=1S/C21H21N5S/c1-3-13-22-21(27)24-23-14-18-15-26(19-7-5-4-6-8-19)25-20(18)17-11-9-16(2)10-12-17/h3-12,14-15H,1,13H2,2H3,(H2,22,24,27)/b23-14-. The molecule has 3 rings (SSSR count). The van der Waals surface area contributed by atoms with Crippen LogP contribution in [0.1, 0.15) is 11.1 Å². The molecule has 0 atom stereocenters. The van der Waals surface area contributed by atoms with E-state index < -0.39 is 0 Å². The zero-order valence-corrected chi connectivity index (χ0v) is 15.9. The maximum absolute atomic E-state index is 5.15. The van der Waals surface area contributed by atoms with Gasteiger partial charge in [-0.1, -0.05) is 54.1 Å². The lowest BCUT2D eigenvalue weighted by atomic mass is 10.1. The highest BCUT2D eigenvalue weighted by molar-refractivity contribution is 7.80. The van der Waals surface area contributed by atoms with Crippen molar-refractivity contribution in [3.63, 3.8) is 0 Å². The first-order valence-electron chi connectivity index (χ1n) is 8.57. The van der Waals surface area contributed by atoms with Gasteiger partial charge in [-0.05, 0) is 31.3 Å². The van der Waals surface area contributed by atoms with E-state index in [0.29, 0.717) is 11.7 Å². The summed E-state index contributed by atoms with van der Waals surface area (Å²) >= 11 is 5.15. The lowest BCUT2D eigenvalue weighted by molar-refractivity contribution is 0.884. The van der Waals surface area contributed by atoms with Gasteiger partial charge in [0.15, 0.2) is 5.11 Å². The maximum atomic E-state index is 5.15. The van der Waals surface area contributed by atoms with Crippen LogP contribution < -0.4 is 10.7 Å². The van der Waals surface area contributed by atoms with Crippen molar-refractivity contribution in [1.29, 1.82) is 0 Å². The number of nitrogens with zero attached hydrogens (tertiary/aromatic N) is 3. The fraction of sp³-hybridized carbons (Fsp3) is 0.0952. The number of para-hydroxylation sites is 1. The van der Waals surface area contributed by atoms with E-state index in [2.05, 4.69) is 53.6 Å². The molecular weight excluding hydrogens is 354 g/mol. The molecule has 6 heteroatoms. The molecule has 27 heavy (non-hydrogen) atoms. The second-order valence-electron chi connectivity index (χ2n) is 5.95. The molecule has 5 nitrogen and oxygen atoms in total. The Hall–Kier alpha value is -3.25. The molecule has 1 aromatic heterocycles. The minimum absolute atomic E-state index is 0.443. The summed E-state index contributed by atoms with van der Waals surface area (Å²) in [6.07, 6.45) is 5.41. The lowest BCUT2D eigenvalue weighted by Gasteiger charge is -2.03. The van der Waals surface area contributed by atoms with Crippen molar-refractivity contribution in [2.24, 2.45) is 5.10 Å². The minimum Gasteiger partial charge on any atom is -0.358 e. The molecule has 1 heterocycles. The number of aryl methyl sites for hydroxylation is 1. The average Bonchev–Trinajstić information content (AvgIpc) is 3.12. The van der Waals surface area contributed by atoms with Gasteiger partial charge >= 0.3 is 0 Å². The van der Waals surface area contributed by atoms with Gasteiger partial charge < -0.3 is 5.32 Å². The highest BCUT2D eigenvalue weighted by Gasteiger charge is 2.11. The van der Waals surface area contributed by atoms with E-state index in [1.165, 1.54) is 5.56 Å². The summed E-state index contributed by atoms with van der Waals surface area (Å²) in [6, 6.07) is 18.3. The summed E-state index contributed by atoms with van der Waals surface area (Å²) in [7, 11) is 0. The summed E-state index contributed by atoms with van der Waals surface area (Å²) in [4.78, 5) is 0. The molecular formula is C21H21N5S. The molecule has 2 N–H and O–H groups in total. The van der Waals surface area contributed by atoms with Gasteiger partial charge in [0.25, 0.3) is 0 Å². The Balaban J connectivity index is 1.90. The van der Waals surface area contributed by atoms with Gasteiger partial charge in [0.1, 0.15) is 5.69 Å². The first-order valence-corrected chi connectivity index (χ1v) is 8.98. The topological polar surface area (TPSA) is 54.2 Å². The smallest absolute Gasteiger partial charge is 0.187 e. The van der Waals surface area contributed by atoms with Crippen molar-refractivity contribution < 1.29 is 0 Å². The summed E-state index contributed by atoms with van der Waals surface area (Å²) in [5.74, 6) is 0. The second-order valence-corrected chi connectivity index (χ2v) is 6.36. The van der Waals surface area contributed by atoms with Crippen LogP contribution in [0.15, 0.2) is 78.6 Å². The number of benzene rings is 2. The summed E-state index contributed by atoms with van der Waals surface area (Å²) in [5.41, 5.74) is 7.78. The fourth-order valence-electron chi connectivity index (χ4n) is 2.50. The highest BCUT2D eigenvalue weighted by atomic mass is 32.1. The van der Waals surface area contributed by atoms with Crippen molar-refractivity contribution in [1.82, 2.24) is 20.5 Å². The molecule has 0 saturated carbocycles. The Morgan fingerprint density at radius 2 is 1.93 bits per heavy atom. The van der Waals surface area contributed by atoms with Crippen LogP contribution in [-0.4, -0.2) is 27.7 Å². The number of nitrogens with one attached hydrogen (secondary N) is 2. The third-order valence-electron chi connectivity index (χ3n) is 3.86. The van der Waals surface area contributed by atoms with Crippen LogP contribution in [0.5, 0.6) is 0 Å². The summed E-state index contributed by atoms with van der Waals surface area (Å²) in [6.45, 7) is 6.29. The summed E-state index contributed by atoms with van der Waals surface area (Å²) in [5, 5.41) is 12.4. The van der Waals surface area contributed by atoms with Crippen LogP contribution in [0.25, 0.3) is 16.9 Å². The first-order chi connectivity index (χ1) is 13.2. The van der Waals surface area contributed by atoms with E-state index in [-0.39, 0.29) is 0 Å². The summed E-state index contributed by atoms with van der Waals surface area (Å²) < 4.78 is 1.85. The number of hydrogen-bond acceptors (Lipinski definition) is 3. The number of rotatable bonds is 6. The van der Waals surface area contributed by atoms with Gasteiger partial charge in [0, 0.05) is 23.9 Å². The first kappa shape index (κ1) is 18.5. The Kier molecular flexibility index (Phi) is 6.12. The third kappa shape index (κ3) is 4.89. The van der Waals surface area contributed by atoms with Crippen LogP contribution in [0.3, 0.4) is 0 Å². The molecule has 2 aromatic carbocycles. The van der Waals surface area contributed by atoms with Crippen LogP contribution in [-0.2, 0) is 0 Å².